The van der Waals surface area contributed by atoms with Crippen molar-refractivity contribution in [2.45, 2.75) is 19.8 Å². The first-order chi connectivity index (χ1) is 3.68. The lowest BCUT2D eigenvalue weighted by atomic mass is 10.3. The number of aliphatic hydroxyl groups is 1. The molecular formula is C4H8NO3. The Morgan fingerprint density at radius 3 is 2.50 bits per heavy atom. The monoisotopic (exact) mass is 118 g/mol. The normalized spacial score (nSPS) is 9.88. The lowest BCUT2D eigenvalue weighted by molar-refractivity contribution is -0.507. The Morgan fingerprint density at radius 2 is 2.38 bits per heavy atom. The van der Waals surface area contributed by atoms with E-state index in [-0.39, 0.29) is 6.42 Å². The number of rotatable bonds is 3. The highest BCUT2D eigenvalue weighted by molar-refractivity contribution is 4.55. The SMILES string of the molecule is CCC[C](O)[N+](=O)[O-]. The third-order valence-electron chi connectivity index (χ3n) is 0.684. The van der Waals surface area contributed by atoms with Gasteiger partial charge in [-0.25, -0.2) is 0 Å². The minimum atomic E-state index is -0.774. The molecule has 0 aliphatic rings. The molecule has 0 bridgehead atoms. The highest BCUT2D eigenvalue weighted by atomic mass is 16.7. The van der Waals surface area contributed by atoms with Crippen LogP contribution in [-0.4, -0.2) is 10.0 Å². The summed E-state index contributed by atoms with van der Waals surface area (Å²) in [5, 5.41) is 18.0. The lowest BCUT2D eigenvalue weighted by Gasteiger charge is -1.93. The molecule has 0 aromatic carbocycles. The first-order valence-electron chi connectivity index (χ1n) is 2.37. The molecule has 0 heterocycles. The zero-order valence-electron chi connectivity index (χ0n) is 4.63. The number of aliphatic hydroxyl groups excluding tert-OH is 1. The van der Waals surface area contributed by atoms with Crippen LogP contribution in [0.4, 0.5) is 0 Å². The Hall–Kier alpha value is -0.640. The molecule has 0 aromatic rings. The predicted molar refractivity (Wildman–Crippen MR) is 27.1 cm³/mol. The highest BCUT2D eigenvalue weighted by Crippen LogP contribution is 2.02. The zero-order valence-corrected chi connectivity index (χ0v) is 4.63. The van der Waals surface area contributed by atoms with Gasteiger partial charge in [-0.05, 0) is 6.42 Å². The fourth-order valence-electron chi connectivity index (χ4n) is 0.315. The maximum absolute atomic E-state index is 9.61. The van der Waals surface area contributed by atoms with E-state index in [1.54, 1.807) is 6.92 Å². The van der Waals surface area contributed by atoms with Gasteiger partial charge in [-0.2, -0.15) is 0 Å². The van der Waals surface area contributed by atoms with E-state index in [0.29, 0.717) is 6.42 Å². The first-order valence-corrected chi connectivity index (χ1v) is 2.37. The predicted octanol–water partition coefficient (Wildman–Crippen LogP) is 0.925. The van der Waals surface area contributed by atoms with Crippen LogP contribution >= 0.6 is 0 Å². The van der Waals surface area contributed by atoms with Crippen LogP contribution in [0.25, 0.3) is 0 Å². The fourth-order valence-corrected chi connectivity index (χ4v) is 0.315. The molecule has 0 amide bonds. The molecule has 0 unspecified atom stereocenters. The molecule has 47 valence electrons. The van der Waals surface area contributed by atoms with E-state index >= 15 is 0 Å². The van der Waals surface area contributed by atoms with Crippen molar-refractivity contribution >= 4 is 0 Å². The summed E-state index contributed by atoms with van der Waals surface area (Å²) < 4.78 is 0. The first kappa shape index (κ1) is 7.36. The minimum absolute atomic E-state index is 0.160. The van der Waals surface area contributed by atoms with Gasteiger partial charge >= 0.3 is 6.23 Å². The smallest absolute Gasteiger partial charge is 0.323 e. The van der Waals surface area contributed by atoms with Gasteiger partial charge in [0.25, 0.3) is 0 Å². The number of nitrogens with zero attached hydrogens (tertiary/aromatic N) is 1. The highest BCUT2D eigenvalue weighted by Gasteiger charge is 2.16. The lowest BCUT2D eigenvalue weighted by Crippen LogP contribution is -2.07. The second-order valence-corrected chi connectivity index (χ2v) is 1.42. The minimum Gasteiger partial charge on any atom is -0.323 e. The van der Waals surface area contributed by atoms with Gasteiger partial charge < -0.3 is 5.11 Å². The molecule has 0 aromatic heterocycles. The largest absolute Gasteiger partial charge is 0.418 e. The summed E-state index contributed by atoms with van der Waals surface area (Å²) in [5.41, 5.74) is 0. The summed E-state index contributed by atoms with van der Waals surface area (Å²) in [6, 6.07) is 0. The molecule has 0 saturated carbocycles. The van der Waals surface area contributed by atoms with Crippen LogP contribution in [0.1, 0.15) is 19.8 Å². The van der Waals surface area contributed by atoms with Gasteiger partial charge in [0.2, 0.25) is 0 Å². The third-order valence-corrected chi connectivity index (χ3v) is 0.684. The molecule has 0 spiro atoms. The van der Waals surface area contributed by atoms with E-state index in [0.717, 1.165) is 0 Å². The Morgan fingerprint density at radius 1 is 1.88 bits per heavy atom. The number of hydrogen-bond acceptors (Lipinski definition) is 3. The molecule has 4 nitrogen and oxygen atoms in total. The molecule has 0 rings (SSSR count). The van der Waals surface area contributed by atoms with Crippen LogP contribution in [0.5, 0.6) is 0 Å². The average Bonchev–Trinajstić information content (AvgIpc) is 1.67. The van der Waals surface area contributed by atoms with Gasteiger partial charge in [0.05, 0.1) is 11.3 Å². The quantitative estimate of drug-likeness (QED) is 0.442. The number of nitro groups is 1. The molecule has 0 aliphatic heterocycles. The standard InChI is InChI=1S/C4H8NO3/c1-2-3-4(6)5(7)8/h6H,2-3H2,1H3. The van der Waals surface area contributed by atoms with Crippen LogP contribution < -0.4 is 0 Å². The van der Waals surface area contributed by atoms with Gasteiger partial charge in [0, 0.05) is 0 Å². The van der Waals surface area contributed by atoms with Gasteiger partial charge in [0.1, 0.15) is 0 Å². The van der Waals surface area contributed by atoms with Crippen LogP contribution in [-0.2, 0) is 0 Å². The third kappa shape index (κ3) is 2.52. The summed E-state index contributed by atoms with van der Waals surface area (Å²) in [5.74, 6) is 0. The van der Waals surface area contributed by atoms with E-state index in [2.05, 4.69) is 0 Å². The summed E-state index contributed by atoms with van der Waals surface area (Å²) in [7, 11) is 0. The van der Waals surface area contributed by atoms with E-state index < -0.39 is 11.2 Å². The molecule has 0 aliphatic carbocycles. The number of hydrogen-bond donors (Lipinski definition) is 1. The van der Waals surface area contributed by atoms with Gasteiger partial charge in [-0.1, -0.05) is 6.92 Å². The van der Waals surface area contributed by atoms with E-state index in [1.807, 2.05) is 0 Å². The maximum Gasteiger partial charge on any atom is 0.418 e. The summed E-state index contributed by atoms with van der Waals surface area (Å²) in [6.07, 6.45) is 0.118. The molecule has 1 N–H and O–H groups in total. The van der Waals surface area contributed by atoms with Crippen LogP contribution in [0, 0.1) is 16.3 Å². The van der Waals surface area contributed by atoms with Crippen molar-refractivity contribution in [1.82, 2.24) is 0 Å². The second kappa shape index (κ2) is 3.37. The second-order valence-electron chi connectivity index (χ2n) is 1.42. The fraction of sp³-hybridized carbons (Fsp3) is 0.750. The molecule has 1 radical (unpaired) electrons. The Labute approximate surface area is 47.3 Å². The van der Waals surface area contributed by atoms with Crippen LogP contribution in [0.3, 0.4) is 0 Å². The topological polar surface area (TPSA) is 63.4 Å². The molecule has 0 atom stereocenters. The van der Waals surface area contributed by atoms with Crippen LogP contribution in [0.2, 0.25) is 0 Å². The zero-order chi connectivity index (χ0) is 6.57. The van der Waals surface area contributed by atoms with Gasteiger partial charge in [-0.15, -0.1) is 0 Å². The average molecular weight is 118 g/mol. The Bertz CT molecular complexity index is 83.4. The van der Waals surface area contributed by atoms with Crippen molar-refractivity contribution in [3.63, 3.8) is 0 Å². The Balaban J connectivity index is 3.32. The maximum atomic E-state index is 9.61. The molecule has 4 heteroatoms. The van der Waals surface area contributed by atoms with Crippen molar-refractivity contribution in [1.29, 1.82) is 0 Å². The van der Waals surface area contributed by atoms with Crippen molar-refractivity contribution in [3.05, 3.63) is 16.3 Å². The van der Waals surface area contributed by atoms with E-state index in [1.165, 1.54) is 0 Å². The van der Waals surface area contributed by atoms with Crippen molar-refractivity contribution in [2.24, 2.45) is 0 Å². The summed E-state index contributed by atoms with van der Waals surface area (Å²) in [6.45, 7) is 1.76. The van der Waals surface area contributed by atoms with Crippen molar-refractivity contribution in [2.75, 3.05) is 0 Å². The van der Waals surface area contributed by atoms with E-state index in [4.69, 9.17) is 5.11 Å². The summed E-state index contributed by atoms with van der Waals surface area (Å²) in [4.78, 5) is 8.83. The van der Waals surface area contributed by atoms with Gasteiger partial charge in [0.15, 0.2) is 0 Å². The Kier molecular flexibility index (Phi) is 3.10. The van der Waals surface area contributed by atoms with Gasteiger partial charge in [-0.3, -0.25) is 10.1 Å². The molecule has 8 heavy (non-hydrogen) atoms. The molecule has 0 fully saturated rings. The molecule has 0 saturated heterocycles. The van der Waals surface area contributed by atoms with E-state index in [9.17, 15) is 10.1 Å². The van der Waals surface area contributed by atoms with Crippen LogP contribution in [0.15, 0.2) is 0 Å². The van der Waals surface area contributed by atoms with Crippen molar-refractivity contribution < 1.29 is 10.0 Å². The summed E-state index contributed by atoms with van der Waals surface area (Å²) >= 11 is 0. The molecular weight excluding hydrogens is 110 g/mol. The van der Waals surface area contributed by atoms with Crippen molar-refractivity contribution in [3.8, 4) is 0 Å².